The summed E-state index contributed by atoms with van der Waals surface area (Å²) in [6.45, 7) is 2.19. The number of benzene rings is 2. The maximum Gasteiger partial charge on any atom is 0.0253 e. The van der Waals surface area contributed by atoms with E-state index in [-0.39, 0.29) is 0 Å². The highest BCUT2D eigenvalue weighted by Gasteiger charge is 2.18. The second kappa shape index (κ2) is 4.15. The minimum absolute atomic E-state index is 1.05. The molecule has 0 aromatic heterocycles. The molecule has 1 heteroatoms. The fourth-order valence-corrected chi connectivity index (χ4v) is 3.19. The van der Waals surface area contributed by atoms with Gasteiger partial charge in [0.05, 0.1) is 0 Å². The lowest BCUT2D eigenvalue weighted by Gasteiger charge is -2.11. The molecule has 0 spiro atoms. The molecule has 0 N–H and O–H groups in total. The van der Waals surface area contributed by atoms with Crippen molar-refractivity contribution in [3.63, 3.8) is 0 Å². The van der Waals surface area contributed by atoms with Gasteiger partial charge in [0, 0.05) is 4.47 Å². The quantitative estimate of drug-likeness (QED) is 0.685. The zero-order valence-corrected chi connectivity index (χ0v) is 11.3. The molecule has 0 bridgehead atoms. The van der Waals surface area contributed by atoms with Crippen molar-refractivity contribution in [1.29, 1.82) is 0 Å². The molecule has 0 unspecified atom stereocenters. The number of hydrogen-bond donors (Lipinski definition) is 0. The molecular formula is C16H13Br. The second-order valence-electron chi connectivity index (χ2n) is 4.41. The predicted octanol–water partition coefficient (Wildman–Crippen LogP) is 5.08. The topological polar surface area (TPSA) is 0 Å². The Hall–Kier alpha value is -1.34. The second-order valence-corrected chi connectivity index (χ2v) is 5.26. The summed E-state index contributed by atoms with van der Waals surface area (Å²) in [5.41, 5.74) is 6.87. The van der Waals surface area contributed by atoms with E-state index in [2.05, 4.69) is 71.4 Å². The van der Waals surface area contributed by atoms with Gasteiger partial charge in [0.2, 0.25) is 0 Å². The van der Waals surface area contributed by atoms with Crippen molar-refractivity contribution in [3.8, 4) is 11.1 Å². The number of halogens is 1. The third kappa shape index (κ3) is 1.75. The van der Waals surface area contributed by atoms with Gasteiger partial charge in [-0.05, 0) is 47.2 Å². The van der Waals surface area contributed by atoms with E-state index in [1.54, 1.807) is 0 Å². The first-order valence-corrected chi connectivity index (χ1v) is 6.60. The molecule has 2 aromatic carbocycles. The van der Waals surface area contributed by atoms with Crippen LogP contribution >= 0.6 is 15.9 Å². The number of allylic oxidation sites excluding steroid dienone is 2. The molecular weight excluding hydrogens is 272 g/mol. The van der Waals surface area contributed by atoms with Crippen molar-refractivity contribution in [2.24, 2.45) is 0 Å². The highest BCUT2D eigenvalue weighted by molar-refractivity contribution is 9.10. The van der Waals surface area contributed by atoms with Crippen molar-refractivity contribution >= 4 is 21.5 Å². The van der Waals surface area contributed by atoms with Crippen molar-refractivity contribution in [2.75, 3.05) is 0 Å². The summed E-state index contributed by atoms with van der Waals surface area (Å²) in [7, 11) is 0. The van der Waals surface area contributed by atoms with Gasteiger partial charge in [-0.2, -0.15) is 0 Å². The van der Waals surface area contributed by atoms with E-state index >= 15 is 0 Å². The summed E-state index contributed by atoms with van der Waals surface area (Å²) >= 11 is 3.65. The van der Waals surface area contributed by atoms with E-state index < -0.39 is 0 Å². The van der Waals surface area contributed by atoms with Crippen LogP contribution < -0.4 is 0 Å². The molecule has 3 rings (SSSR count). The fraction of sp³-hybridized carbons (Fsp3) is 0.125. The zero-order valence-electron chi connectivity index (χ0n) is 9.70. The average molecular weight is 285 g/mol. The van der Waals surface area contributed by atoms with Crippen molar-refractivity contribution in [3.05, 3.63) is 64.1 Å². The Morgan fingerprint density at radius 3 is 2.53 bits per heavy atom. The normalized spacial score (nSPS) is 13.4. The van der Waals surface area contributed by atoms with Crippen LogP contribution in [0.2, 0.25) is 0 Å². The smallest absolute Gasteiger partial charge is 0.0253 e. The van der Waals surface area contributed by atoms with Crippen LogP contribution in [0.3, 0.4) is 0 Å². The zero-order chi connectivity index (χ0) is 11.8. The SMILES string of the molecule is CC1=CCc2c(-c3ccccc3)ccc(Br)c21. The lowest BCUT2D eigenvalue weighted by atomic mass is 9.95. The Bertz CT molecular complexity index is 594. The van der Waals surface area contributed by atoms with Gasteiger partial charge >= 0.3 is 0 Å². The van der Waals surface area contributed by atoms with Crippen LogP contribution in [-0.4, -0.2) is 0 Å². The molecule has 0 nitrogen and oxygen atoms in total. The number of hydrogen-bond acceptors (Lipinski definition) is 0. The Morgan fingerprint density at radius 2 is 1.76 bits per heavy atom. The predicted molar refractivity (Wildman–Crippen MR) is 76.9 cm³/mol. The molecule has 2 aromatic rings. The van der Waals surface area contributed by atoms with E-state index in [0.29, 0.717) is 0 Å². The van der Waals surface area contributed by atoms with Crippen LogP contribution in [0.15, 0.2) is 53.0 Å². The van der Waals surface area contributed by atoms with E-state index in [4.69, 9.17) is 0 Å². The molecule has 1 aliphatic rings. The van der Waals surface area contributed by atoms with E-state index in [1.807, 2.05) is 0 Å². The Kier molecular flexibility index (Phi) is 2.64. The van der Waals surface area contributed by atoms with Gasteiger partial charge in [0.25, 0.3) is 0 Å². The summed E-state index contributed by atoms with van der Waals surface area (Å²) in [5, 5.41) is 0. The first kappa shape index (κ1) is 10.8. The largest absolute Gasteiger partial charge is 0.0765 e. The summed E-state index contributed by atoms with van der Waals surface area (Å²) in [6, 6.07) is 15.0. The Balaban J connectivity index is 2.23. The molecule has 0 atom stereocenters. The van der Waals surface area contributed by atoms with Crippen LogP contribution in [0, 0.1) is 0 Å². The molecule has 17 heavy (non-hydrogen) atoms. The lowest BCUT2D eigenvalue weighted by Crippen LogP contribution is -1.90. The lowest BCUT2D eigenvalue weighted by molar-refractivity contribution is 1.30. The minimum atomic E-state index is 1.05. The maximum absolute atomic E-state index is 3.65. The maximum atomic E-state index is 3.65. The molecule has 0 saturated carbocycles. The van der Waals surface area contributed by atoms with Crippen molar-refractivity contribution in [1.82, 2.24) is 0 Å². The Morgan fingerprint density at radius 1 is 1.00 bits per heavy atom. The van der Waals surface area contributed by atoms with E-state index in [0.717, 1.165) is 6.42 Å². The highest BCUT2D eigenvalue weighted by atomic mass is 79.9. The molecule has 1 aliphatic carbocycles. The molecule has 0 fully saturated rings. The van der Waals surface area contributed by atoms with Crippen LogP contribution in [0.4, 0.5) is 0 Å². The summed E-state index contributed by atoms with van der Waals surface area (Å²) < 4.78 is 1.21. The first-order chi connectivity index (χ1) is 8.27. The molecule has 0 radical (unpaired) electrons. The van der Waals surface area contributed by atoms with Crippen molar-refractivity contribution < 1.29 is 0 Å². The highest BCUT2D eigenvalue weighted by Crippen LogP contribution is 2.39. The van der Waals surface area contributed by atoms with Gasteiger partial charge in [0.1, 0.15) is 0 Å². The van der Waals surface area contributed by atoms with Crippen LogP contribution in [0.25, 0.3) is 16.7 Å². The van der Waals surface area contributed by atoms with Gasteiger partial charge in [-0.3, -0.25) is 0 Å². The summed E-state index contributed by atoms with van der Waals surface area (Å²) in [5.74, 6) is 0. The van der Waals surface area contributed by atoms with Crippen molar-refractivity contribution in [2.45, 2.75) is 13.3 Å². The van der Waals surface area contributed by atoms with Crippen LogP contribution in [0.5, 0.6) is 0 Å². The van der Waals surface area contributed by atoms with Gasteiger partial charge in [0.15, 0.2) is 0 Å². The molecule has 0 heterocycles. The minimum Gasteiger partial charge on any atom is -0.0765 e. The number of rotatable bonds is 1. The van der Waals surface area contributed by atoms with Crippen LogP contribution in [0.1, 0.15) is 18.1 Å². The molecule has 0 amide bonds. The Labute approximate surface area is 110 Å². The van der Waals surface area contributed by atoms with E-state index in [9.17, 15) is 0 Å². The summed E-state index contributed by atoms with van der Waals surface area (Å²) in [6.07, 6.45) is 3.35. The molecule has 84 valence electrons. The van der Waals surface area contributed by atoms with Gasteiger partial charge < -0.3 is 0 Å². The third-order valence-electron chi connectivity index (χ3n) is 3.35. The molecule has 0 saturated heterocycles. The standard InChI is InChI=1S/C16H13Br/c1-11-7-8-14-13(9-10-15(17)16(11)14)12-5-3-2-4-6-12/h2-7,9-10H,8H2,1H3. The van der Waals surface area contributed by atoms with Gasteiger partial charge in [-0.15, -0.1) is 0 Å². The monoisotopic (exact) mass is 284 g/mol. The fourth-order valence-electron chi connectivity index (χ4n) is 2.50. The van der Waals surface area contributed by atoms with Crippen LogP contribution in [-0.2, 0) is 6.42 Å². The molecule has 0 aliphatic heterocycles. The van der Waals surface area contributed by atoms with Gasteiger partial charge in [-0.25, -0.2) is 0 Å². The number of fused-ring (bicyclic) bond motifs is 1. The average Bonchev–Trinajstić information content (AvgIpc) is 2.74. The van der Waals surface area contributed by atoms with Gasteiger partial charge in [-0.1, -0.05) is 58.4 Å². The first-order valence-electron chi connectivity index (χ1n) is 5.81. The van der Waals surface area contributed by atoms with E-state index in [1.165, 1.54) is 32.3 Å². The summed E-state index contributed by atoms with van der Waals surface area (Å²) in [4.78, 5) is 0. The third-order valence-corrected chi connectivity index (χ3v) is 4.01.